The van der Waals surface area contributed by atoms with E-state index in [9.17, 15) is 17.3 Å². The second kappa shape index (κ2) is 5.75. The summed E-state index contributed by atoms with van der Waals surface area (Å²) in [4.78, 5) is 0. The Kier molecular flexibility index (Phi) is 4.58. The molecule has 100 valence electrons. The summed E-state index contributed by atoms with van der Waals surface area (Å²) in [7, 11) is -4.35. The average Bonchev–Trinajstić information content (AvgIpc) is 2.69. The van der Waals surface area contributed by atoms with Crippen LogP contribution in [0.15, 0.2) is 28.9 Å². The first kappa shape index (κ1) is 14.3. The minimum absolute atomic E-state index is 0.782. The Hall–Kier alpha value is -1.73. The number of aryl methyl sites for hydroxylation is 1. The zero-order valence-electron chi connectivity index (χ0n) is 9.87. The number of para-hydroxylation sites is 1. The maximum absolute atomic E-state index is 9.75. The normalized spacial score (nSPS) is 11.0. The molecule has 1 aromatic carbocycles. The summed E-state index contributed by atoms with van der Waals surface area (Å²) >= 11 is 0. The van der Waals surface area contributed by atoms with Crippen molar-refractivity contribution < 1.29 is 31.3 Å². The van der Waals surface area contributed by atoms with Crippen molar-refractivity contribution in [1.29, 1.82) is 0 Å². The Morgan fingerprint density at radius 3 is 2.39 bits per heavy atom. The first-order chi connectivity index (χ1) is 8.35. The number of fused-ring (bicyclic) bond motifs is 1. The van der Waals surface area contributed by atoms with Gasteiger partial charge in [0, 0.05) is 0 Å². The molecule has 0 atom stereocenters. The van der Waals surface area contributed by atoms with E-state index in [1.54, 1.807) is 11.8 Å². The number of aromatic nitrogens is 1. The van der Waals surface area contributed by atoms with Gasteiger partial charge in [0.1, 0.15) is 0 Å². The number of nitrogens with zero attached hydrogens (tertiary/aromatic N) is 1. The van der Waals surface area contributed by atoms with Crippen LogP contribution >= 0.6 is 0 Å². The van der Waals surface area contributed by atoms with Crippen LogP contribution < -0.4 is 9.48 Å². The lowest BCUT2D eigenvalue weighted by Gasteiger charge is -1.95. The van der Waals surface area contributed by atoms with Gasteiger partial charge in [-0.2, -0.15) is 0 Å². The van der Waals surface area contributed by atoms with Gasteiger partial charge in [0.15, 0.2) is 12.3 Å². The molecular formula is C10H12BF4NO2. The van der Waals surface area contributed by atoms with E-state index >= 15 is 0 Å². The van der Waals surface area contributed by atoms with Crippen LogP contribution in [0, 0.1) is 0 Å². The number of methoxy groups -OCH3 is 1. The van der Waals surface area contributed by atoms with Gasteiger partial charge in [0.25, 0.3) is 5.58 Å². The third-order valence-corrected chi connectivity index (χ3v) is 2.03. The molecule has 8 heteroatoms. The highest BCUT2D eigenvalue weighted by molar-refractivity contribution is 6.50. The molecule has 0 spiro atoms. The minimum Gasteiger partial charge on any atom is -0.493 e. The van der Waals surface area contributed by atoms with Gasteiger partial charge < -0.3 is 22.0 Å². The average molecular weight is 265 g/mol. The molecule has 1 aromatic heterocycles. The summed E-state index contributed by atoms with van der Waals surface area (Å²) in [6, 6.07) is 5.86. The van der Waals surface area contributed by atoms with Crippen molar-refractivity contribution in [3.8, 4) is 5.75 Å². The second-order valence-electron chi connectivity index (χ2n) is 3.33. The second-order valence-corrected chi connectivity index (χ2v) is 3.33. The molecule has 0 radical (unpaired) electrons. The highest BCUT2D eigenvalue weighted by Crippen LogP contribution is 2.23. The third kappa shape index (κ3) is 4.27. The molecule has 1 heterocycles. The van der Waals surface area contributed by atoms with Crippen molar-refractivity contribution in [2.45, 2.75) is 13.5 Å². The van der Waals surface area contributed by atoms with Crippen LogP contribution in [0.25, 0.3) is 11.0 Å². The third-order valence-electron chi connectivity index (χ3n) is 2.03. The van der Waals surface area contributed by atoms with Crippen molar-refractivity contribution in [3.05, 3.63) is 24.4 Å². The van der Waals surface area contributed by atoms with Crippen molar-refractivity contribution >= 4 is 18.2 Å². The Bertz CT molecular complexity index is 506. The van der Waals surface area contributed by atoms with E-state index < -0.39 is 7.25 Å². The van der Waals surface area contributed by atoms with Crippen molar-refractivity contribution in [1.82, 2.24) is 0 Å². The van der Waals surface area contributed by atoms with Gasteiger partial charge in [-0.1, -0.05) is 6.07 Å². The van der Waals surface area contributed by atoms with E-state index in [0.717, 1.165) is 23.3 Å². The van der Waals surface area contributed by atoms with E-state index in [2.05, 4.69) is 0 Å². The highest BCUT2D eigenvalue weighted by Gasteiger charge is 2.20. The maximum atomic E-state index is 9.75. The SMILES string of the molecule is CC[n+]1cc2cccc(OC)c2o1.F[B-](F)(F)F. The van der Waals surface area contributed by atoms with Gasteiger partial charge in [0.05, 0.1) is 12.5 Å². The monoisotopic (exact) mass is 265 g/mol. The topological polar surface area (TPSA) is 26.2 Å². The summed E-state index contributed by atoms with van der Waals surface area (Å²) in [5, 5.41) is 1.07. The molecule has 0 aliphatic rings. The van der Waals surface area contributed by atoms with Crippen molar-refractivity contribution in [2.24, 2.45) is 0 Å². The number of hydrogen-bond acceptors (Lipinski definition) is 2. The molecule has 3 nitrogen and oxygen atoms in total. The predicted molar refractivity (Wildman–Crippen MR) is 58.8 cm³/mol. The Balaban J connectivity index is 0.000000280. The number of benzene rings is 1. The van der Waals surface area contributed by atoms with Crippen molar-refractivity contribution in [2.75, 3.05) is 7.11 Å². The van der Waals surface area contributed by atoms with Crippen LogP contribution in [0.2, 0.25) is 0 Å². The quantitative estimate of drug-likeness (QED) is 0.474. The molecule has 0 saturated carbocycles. The zero-order valence-corrected chi connectivity index (χ0v) is 9.87. The summed E-state index contributed by atoms with van der Waals surface area (Å²) in [5.74, 6) is 0.782. The first-order valence-corrected chi connectivity index (χ1v) is 5.19. The molecule has 0 amide bonds. The smallest absolute Gasteiger partial charge is 0.493 e. The number of ether oxygens (including phenoxy) is 1. The van der Waals surface area contributed by atoms with Crippen LogP contribution in [0.5, 0.6) is 5.75 Å². The van der Waals surface area contributed by atoms with Gasteiger partial charge in [-0.3, -0.25) is 0 Å². The molecule has 0 aliphatic carbocycles. The lowest BCUT2D eigenvalue weighted by atomic mass is 10.2. The summed E-state index contributed by atoms with van der Waals surface area (Å²) in [5.41, 5.74) is 0.812. The molecule has 0 saturated heterocycles. The lowest BCUT2D eigenvalue weighted by molar-refractivity contribution is -0.857. The largest absolute Gasteiger partial charge is 0.673 e. The molecule has 0 bridgehead atoms. The Morgan fingerprint density at radius 1 is 1.28 bits per heavy atom. The standard InChI is InChI=1S/C10H12NO2.BF4/c1-3-11-7-8-5-4-6-9(12-2)10(8)13-11;2-1(3,4)5/h4-7H,3H2,1-2H3;/q+1;-1. The number of halogens is 4. The number of hydrogen-bond donors (Lipinski definition) is 0. The molecule has 18 heavy (non-hydrogen) atoms. The van der Waals surface area contributed by atoms with E-state index in [-0.39, 0.29) is 0 Å². The zero-order chi connectivity index (χ0) is 13.8. The summed E-state index contributed by atoms with van der Waals surface area (Å²) < 4.78 is 51.5. The minimum atomic E-state index is -6.00. The lowest BCUT2D eigenvalue weighted by Crippen LogP contribution is -2.27. The maximum Gasteiger partial charge on any atom is 0.673 e. The van der Waals surface area contributed by atoms with Crippen LogP contribution in [0.4, 0.5) is 17.3 Å². The molecule has 2 aromatic rings. The fourth-order valence-corrected chi connectivity index (χ4v) is 1.35. The Labute approximate surface area is 101 Å². The molecule has 0 aliphatic heterocycles. The number of rotatable bonds is 2. The van der Waals surface area contributed by atoms with E-state index in [0.29, 0.717) is 0 Å². The molecule has 0 N–H and O–H groups in total. The molecule has 0 unspecified atom stereocenters. The van der Waals surface area contributed by atoms with E-state index in [4.69, 9.17) is 9.26 Å². The van der Waals surface area contributed by atoms with E-state index in [1.165, 1.54) is 0 Å². The van der Waals surface area contributed by atoms with Crippen molar-refractivity contribution in [3.63, 3.8) is 0 Å². The van der Waals surface area contributed by atoms with Crippen LogP contribution in [-0.4, -0.2) is 14.4 Å². The highest BCUT2D eigenvalue weighted by atomic mass is 19.5. The molecule has 2 rings (SSSR count). The summed E-state index contributed by atoms with van der Waals surface area (Å²) in [6.45, 7) is 2.87. The Morgan fingerprint density at radius 2 is 1.89 bits per heavy atom. The van der Waals surface area contributed by atoms with Crippen LogP contribution in [-0.2, 0) is 6.54 Å². The summed E-state index contributed by atoms with van der Waals surface area (Å²) in [6.07, 6.45) is 1.97. The first-order valence-electron chi connectivity index (χ1n) is 5.19. The van der Waals surface area contributed by atoms with Crippen LogP contribution in [0.3, 0.4) is 0 Å². The van der Waals surface area contributed by atoms with Gasteiger partial charge in [0.2, 0.25) is 6.20 Å². The molecule has 0 fully saturated rings. The molecular weight excluding hydrogens is 253 g/mol. The van der Waals surface area contributed by atoms with Gasteiger partial charge in [-0.25, -0.2) is 4.52 Å². The van der Waals surface area contributed by atoms with Gasteiger partial charge in [-0.05, 0) is 23.8 Å². The fourth-order valence-electron chi connectivity index (χ4n) is 1.35. The fraction of sp³-hybridized carbons (Fsp3) is 0.300. The van der Waals surface area contributed by atoms with Crippen LogP contribution in [0.1, 0.15) is 6.92 Å². The predicted octanol–water partition coefficient (Wildman–Crippen LogP) is 3.05. The van der Waals surface area contributed by atoms with Gasteiger partial charge >= 0.3 is 7.25 Å². The van der Waals surface area contributed by atoms with Gasteiger partial charge in [-0.15, -0.1) is 0 Å². The van der Waals surface area contributed by atoms with E-state index in [1.807, 2.05) is 31.3 Å².